The van der Waals surface area contributed by atoms with Crippen molar-refractivity contribution < 1.29 is 33.4 Å². The number of hydrogen-bond donors (Lipinski definition) is 3. The zero-order chi connectivity index (χ0) is 27.4. The zero-order valence-electron chi connectivity index (χ0n) is 22.6. The molecule has 0 heterocycles. The summed E-state index contributed by atoms with van der Waals surface area (Å²) in [4.78, 5) is 37.6. The molecule has 2 aliphatic carbocycles. The molecule has 0 unspecified atom stereocenters. The van der Waals surface area contributed by atoms with Crippen LogP contribution in [-0.2, 0) is 9.59 Å². The van der Waals surface area contributed by atoms with Gasteiger partial charge in [0.15, 0.2) is 11.6 Å². The Morgan fingerprint density at radius 2 is 1.81 bits per heavy atom. The van der Waals surface area contributed by atoms with Gasteiger partial charge in [-0.2, -0.15) is 0 Å². The quantitative estimate of drug-likeness (QED) is 0.412. The SMILES string of the molecule is CCC(C)(C)CNC(=O)[C@H]1CCC[C@H]1NC(=O)c1cc(OC2CCC(C)(C(=O)O)CC2)c(F)cc1OC. The molecule has 2 atom stereocenters. The second-order valence-electron chi connectivity index (χ2n) is 11.5. The number of amides is 2. The van der Waals surface area contributed by atoms with Gasteiger partial charge in [0.05, 0.1) is 30.1 Å². The van der Waals surface area contributed by atoms with Crippen molar-refractivity contribution in [1.29, 1.82) is 0 Å². The van der Waals surface area contributed by atoms with Gasteiger partial charge in [0.1, 0.15) is 5.75 Å². The Bertz CT molecular complexity index is 1000. The summed E-state index contributed by atoms with van der Waals surface area (Å²) in [6.45, 7) is 8.56. The van der Waals surface area contributed by atoms with Gasteiger partial charge in [0.2, 0.25) is 5.91 Å². The fraction of sp³-hybridized carbons (Fsp3) is 0.679. The molecule has 8 nitrogen and oxygen atoms in total. The zero-order valence-corrected chi connectivity index (χ0v) is 22.6. The molecule has 0 aliphatic heterocycles. The molecule has 2 amide bonds. The number of carboxylic acids is 1. The third kappa shape index (κ3) is 6.93. The maximum absolute atomic E-state index is 14.8. The van der Waals surface area contributed by atoms with Gasteiger partial charge in [-0.05, 0) is 63.4 Å². The van der Waals surface area contributed by atoms with E-state index in [0.29, 0.717) is 45.1 Å². The molecule has 2 saturated carbocycles. The van der Waals surface area contributed by atoms with Crippen LogP contribution >= 0.6 is 0 Å². The average Bonchev–Trinajstić information content (AvgIpc) is 3.32. The van der Waals surface area contributed by atoms with E-state index in [0.717, 1.165) is 18.9 Å². The molecule has 2 aliphatic rings. The number of benzene rings is 1. The van der Waals surface area contributed by atoms with Gasteiger partial charge < -0.3 is 25.2 Å². The van der Waals surface area contributed by atoms with Gasteiger partial charge in [0.25, 0.3) is 5.91 Å². The molecule has 0 saturated heterocycles. The van der Waals surface area contributed by atoms with Crippen LogP contribution in [-0.4, -0.2) is 48.7 Å². The topological polar surface area (TPSA) is 114 Å². The van der Waals surface area contributed by atoms with Crippen molar-refractivity contribution in [2.75, 3.05) is 13.7 Å². The molecule has 9 heteroatoms. The highest BCUT2D eigenvalue weighted by atomic mass is 19.1. The van der Waals surface area contributed by atoms with E-state index in [9.17, 15) is 23.9 Å². The number of nitrogens with one attached hydrogen (secondary N) is 2. The second-order valence-corrected chi connectivity index (χ2v) is 11.5. The van der Waals surface area contributed by atoms with Gasteiger partial charge in [-0.15, -0.1) is 0 Å². The predicted octanol–water partition coefficient (Wildman–Crippen LogP) is 4.70. The molecule has 3 rings (SSSR count). The lowest BCUT2D eigenvalue weighted by Crippen LogP contribution is -2.45. The fourth-order valence-corrected chi connectivity index (χ4v) is 4.99. The lowest BCUT2D eigenvalue weighted by Gasteiger charge is -2.34. The van der Waals surface area contributed by atoms with Crippen LogP contribution in [0.5, 0.6) is 11.5 Å². The molecule has 206 valence electrons. The van der Waals surface area contributed by atoms with E-state index in [2.05, 4.69) is 31.4 Å². The average molecular weight is 521 g/mol. The molecule has 1 aromatic rings. The monoisotopic (exact) mass is 520 g/mol. The summed E-state index contributed by atoms with van der Waals surface area (Å²) in [7, 11) is 1.36. The first kappa shape index (κ1) is 28.7. The Balaban J connectivity index is 1.69. The minimum Gasteiger partial charge on any atom is -0.496 e. The molecule has 0 bridgehead atoms. The molecule has 2 fully saturated rings. The highest BCUT2D eigenvalue weighted by molar-refractivity contribution is 5.98. The van der Waals surface area contributed by atoms with E-state index in [1.54, 1.807) is 6.92 Å². The summed E-state index contributed by atoms with van der Waals surface area (Å²) in [6.07, 6.45) is 4.60. The molecule has 37 heavy (non-hydrogen) atoms. The van der Waals surface area contributed by atoms with E-state index < -0.39 is 23.1 Å². The largest absolute Gasteiger partial charge is 0.496 e. The highest BCUT2D eigenvalue weighted by Gasteiger charge is 2.39. The van der Waals surface area contributed by atoms with E-state index >= 15 is 0 Å². The van der Waals surface area contributed by atoms with Crippen LogP contribution in [0.2, 0.25) is 0 Å². The molecular weight excluding hydrogens is 479 g/mol. The number of halogens is 1. The number of ether oxygens (including phenoxy) is 2. The number of aliphatic carboxylic acids is 1. The van der Waals surface area contributed by atoms with E-state index in [1.807, 2.05) is 0 Å². The first-order chi connectivity index (χ1) is 17.4. The van der Waals surface area contributed by atoms with Crippen molar-refractivity contribution in [3.63, 3.8) is 0 Å². The van der Waals surface area contributed by atoms with Crippen molar-refractivity contribution in [3.8, 4) is 11.5 Å². The first-order valence-corrected chi connectivity index (χ1v) is 13.3. The van der Waals surface area contributed by atoms with Crippen molar-refractivity contribution in [2.45, 2.75) is 91.2 Å². The van der Waals surface area contributed by atoms with Crippen molar-refractivity contribution in [2.24, 2.45) is 16.7 Å². The molecule has 0 radical (unpaired) electrons. The van der Waals surface area contributed by atoms with Gasteiger partial charge in [-0.3, -0.25) is 14.4 Å². The van der Waals surface area contributed by atoms with Gasteiger partial charge in [-0.1, -0.05) is 27.2 Å². The van der Waals surface area contributed by atoms with Crippen molar-refractivity contribution in [3.05, 3.63) is 23.5 Å². The lowest BCUT2D eigenvalue weighted by atomic mass is 9.75. The predicted molar refractivity (Wildman–Crippen MR) is 137 cm³/mol. The van der Waals surface area contributed by atoms with Gasteiger partial charge in [-0.25, -0.2) is 4.39 Å². The molecule has 0 aromatic heterocycles. The smallest absolute Gasteiger partial charge is 0.309 e. The van der Waals surface area contributed by atoms with Gasteiger partial charge >= 0.3 is 5.97 Å². The molecular formula is C28H41FN2O6. The number of carboxylic acid groups (broad SMARTS) is 1. The number of rotatable bonds is 10. The third-order valence-corrected chi connectivity index (χ3v) is 8.21. The number of hydrogen-bond acceptors (Lipinski definition) is 5. The van der Waals surface area contributed by atoms with Crippen LogP contribution in [0.1, 0.15) is 89.4 Å². The van der Waals surface area contributed by atoms with Crippen molar-refractivity contribution in [1.82, 2.24) is 10.6 Å². The lowest BCUT2D eigenvalue weighted by molar-refractivity contribution is -0.150. The maximum atomic E-state index is 14.8. The number of carbonyl (C=O) groups is 3. The standard InChI is InChI=1S/C28H41FN2O6/c1-6-27(2,3)16-30-24(32)18-8-7-9-21(18)31-25(33)19-14-23(20(29)15-22(19)36-5)37-17-10-12-28(4,13-11-17)26(34)35/h14-15,17-18,21H,6-13,16H2,1-5H3,(H,30,32)(H,31,33)(H,34,35)/t17?,18-,21+,28?/m0/s1. The van der Waals surface area contributed by atoms with Crippen LogP contribution in [0, 0.1) is 22.6 Å². The summed E-state index contributed by atoms with van der Waals surface area (Å²) in [5, 5.41) is 15.4. The Morgan fingerprint density at radius 1 is 1.14 bits per heavy atom. The minimum atomic E-state index is -0.839. The van der Waals surface area contributed by atoms with E-state index in [-0.39, 0.29) is 46.4 Å². The summed E-state index contributed by atoms with van der Waals surface area (Å²) < 4.78 is 26.0. The number of carbonyl (C=O) groups excluding carboxylic acids is 2. The second kappa shape index (κ2) is 11.7. The fourth-order valence-electron chi connectivity index (χ4n) is 4.99. The third-order valence-electron chi connectivity index (χ3n) is 8.21. The molecule has 1 aromatic carbocycles. The Kier molecular flexibility index (Phi) is 9.08. The van der Waals surface area contributed by atoms with Crippen LogP contribution in [0.25, 0.3) is 0 Å². The van der Waals surface area contributed by atoms with Gasteiger partial charge in [0, 0.05) is 18.7 Å². The maximum Gasteiger partial charge on any atom is 0.309 e. The van der Waals surface area contributed by atoms with Crippen LogP contribution in [0.4, 0.5) is 4.39 Å². The Labute approximate surface area is 218 Å². The highest BCUT2D eigenvalue weighted by Crippen LogP contribution is 2.38. The molecule has 3 N–H and O–H groups in total. The summed E-state index contributed by atoms with van der Waals surface area (Å²) >= 11 is 0. The van der Waals surface area contributed by atoms with Crippen LogP contribution < -0.4 is 20.1 Å². The Hall–Kier alpha value is -2.84. The summed E-state index contributed by atoms with van der Waals surface area (Å²) in [6, 6.07) is 2.13. The minimum absolute atomic E-state index is 0.00449. The van der Waals surface area contributed by atoms with Crippen LogP contribution in [0.3, 0.4) is 0 Å². The van der Waals surface area contributed by atoms with E-state index in [1.165, 1.54) is 13.2 Å². The normalized spacial score (nSPS) is 25.8. The number of methoxy groups -OCH3 is 1. The molecule has 0 spiro atoms. The van der Waals surface area contributed by atoms with Crippen molar-refractivity contribution >= 4 is 17.8 Å². The summed E-state index contributed by atoms with van der Waals surface area (Å²) in [5.74, 6) is -2.34. The Morgan fingerprint density at radius 3 is 2.41 bits per heavy atom. The summed E-state index contributed by atoms with van der Waals surface area (Å²) in [5.41, 5.74) is -0.682. The first-order valence-electron chi connectivity index (χ1n) is 13.3. The van der Waals surface area contributed by atoms with E-state index in [4.69, 9.17) is 9.47 Å². The van der Waals surface area contributed by atoms with Crippen LogP contribution in [0.15, 0.2) is 12.1 Å².